The number of anilines is 1. The predicted octanol–water partition coefficient (Wildman–Crippen LogP) is 1.48. The maximum Gasteiger partial charge on any atom is 0.329 e. The fraction of sp³-hybridized carbons (Fsp3) is 0.0667. The van der Waals surface area contributed by atoms with Crippen molar-refractivity contribution in [3.8, 4) is 0 Å². The Labute approximate surface area is 121 Å². The Bertz CT molecular complexity index is 668. The fourth-order valence-corrected chi connectivity index (χ4v) is 1.58. The summed E-state index contributed by atoms with van der Waals surface area (Å²) in [7, 11) is 0. The van der Waals surface area contributed by atoms with Crippen LogP contribution in [0.15, 0.2) is 53.9 Å². The van der Waals surface area contributed by atoms with E-state index in [1.54, 1.807) is 42.7 Å². The number of hydrogen-bond donors (Lipinski definition) is 2. The largest absolute Gasteiger partial charge is 0.329 e. The van der Waals surface area contributed by atoms with E-state index in [-0.39, 0.29) is 0 Å². The van der Waals surface area contributed by atoms with Gasteiger partial charge >= 0.3 is 11.8 Å². The lowest BCUT2D eigenvalue weighted by Crippen LogP contribution is -2.32. The zero-order valence-electron chi connectivity index (χ0n) is 11.4. The number of amides is 2. The zero-order valence-corrected chi connectivity index (χ0v) is 11.4. The number of aryl methyl sites for hydroxylation is 1. The Balaban J connectivity index is 1.88. The van der Waals surface area contributed by atoms with Crippen LogP contribution in [0.2, 0.25) is 0 Å². The van der Waals surface area contributed by atoms with E-state index in [9.17, 15) is 9.59 Å². The third-order valence-electron chi connectivity index (χ3n) is 2.57. The molecule has 0 spiro atoms. The maximum atomic E-state index is 11.7. The van der Waals surface area contributed by atoms with Crippen LogP contribution in [-0.2, 0) is 9.59 Å². The van der Waals surface area contributed by atoms with Gasteiger partial charge in [0.1, 0.15) is 0 Å². The molecule has 0 aliphatic carbocycles. The summed E-state index contributed by atoms with van der Waals surface area (Å²) in [6.07, 6.45) is 4.64. The van der Waals surface area contributed by atoms with Crippen LogP contribution in [0.5, 0.6) is 0 Å². The topological polar surface area (TPSA) is 83.5 Å². The second-order valence-electron chi connectivity index (χ2n) is 4.30. The Morgan fingerprint density at radius 1 is 1.14 bits per heavy atom. The molecule has 0 aliphatic heterocycles. The van der Waals surface area contributed by atoms with E-state index < -0.39 is 11.8 Å². The SMILES string of the molecule is Cc1cccc(NC(=O)C(=O)NN=Cc2ccncc2)c1. The molecule has 1 aromatic heterocycles. The van der Waals surface area contributed by atoms with Crippen LogP contribution in [0.25, 0.3) is 0 Å². The fourth-order valence-electron chi connectivity index (χ4n) is 1.58. The van der Waals surface area contributed by atoms with Crippen LogP contribution < -0.4 is 10.7 Å². The molecule has 106 valence electrons. The van der Waals surface area contributed by atoms with Gasteiger partial charge in [-0.2, -0.15) is 5.10 Å². The van der Waals surface area contributed by atoms with Gasteiger partial charge in [0.05, 0.1) is 6.21 Å². The van der Waals surface area contributed by atoms with Gasteiger partial charge in [-0.1, -0.05) is 12.1 Å². The smallest absolute Gasteiger partial charge is 0.318 e. The quantitative estimate of drug-likeness (QED) is 0.508. The molecule has 1 heterocycles. The molecule has 6 heteroatoms. The number of aromatic nitrogens is 1. The average Bonchev–Trinajstić information content (AvgIpc) is 2.48. The first-order chi connectivity index (χ1) is 10.1. The Morgan fingerprint density at radius 2 is 1.90 bits per heavy atom. The number of hydrazone groups is 1. The zero-order chi connectivity index (χ0) is 15.1. The molecular weight excluding hydrogens is 268 g/mol. The molecule has 0 unspecified atom stereocenters. The van der Waals surface area contributed by atoms with Gasteiger partial charge in [-0.05, 0) is 42.3 Å². The highest BCUT2D eigenvalue weighted by molar-refractivity contribution is 6.39. The van der Waals surface area contributed by atoms with E-state index in [4.69, 9.17) is 0 Å². The number of benzene rings is 1. The number of nitrogens with one attached hydrogen (secondary N) is 2. The number of pyridine rings is 1. The summed E-state index contributed by atoms with van der Waals surface area (Å²) >= 11 is 0. The molecular formula is C15H14N4O2. The lowest BCUT2D eigenvalue weighted by molar-refractivity contribution is -0.136. The van der Waals surface area contributed by atoms with Crippen molar-refractivity contribution in [1.29, 1.82) is 0 Å². The molecule has 6 nitrogen and oxygen atoms in total. The molecule has 1 aromatic carbocycles. The molecule has 0 bridgehead atoms. The van der Waals surface area contributed by atoms with Crippen LogP contribution in [-0.4, -0.2) is 23.0 Å². The molecule has 0 saturated carbocycles. The molecule has 21 heavy (non-hydrogen) atoms. The van der Waals surface area contributed by atoms with Crippen LogP contribution in [0, 0.1) is 6.92 Å². The number of hydrogen-bond acceptors (Lipinski definition) is 4. The van der Waals surface area contributed by atoms with Crippen molar-refractivity contribution < 1.29 is 9.59 Å². The van der Waals surface area contributed by atoms with Gasteiger partial charge in [0.25, 0.3) is 0 Å². The minimum atomic E-state index is -0.832. The highest BCUT2D eigenvalue weighted by atomic mass is 16.2. The Hall–Kier alpha value is -3.02. The second-order valence-corrected chi connectivity index (χ2v) is 4.30. The van der Waals surface area contributed by atoms with E-state index in [1.165, 1.54) is 6.21 Å². The standard InChI is InChI=1S/C15H14N4O2/c1-11-3-2-4-13(9-11)18-14(20)15(21)19-17-10-12-5-7-16-8-6-12/h2-10H,1H3,(H,18,20)(H,19,21). The van der Waals surface area contributed by atoms with Crippen LogP contribution in [0.1, 0.15) is 11.1 Å². The van der Waals surface area contributed by atoms with Crippen LogP contribution >= 0.6 is 0 Å². The minimum Gasteiger partial charge on any atom is -0.318 e. The van der Waals surface area contributed by atoms with E-state index in [1.807, 2.05) is 13.0 Å². The highest BCUT2D eigenvalue weighted by Crippen LogP contribution is 2.08. The number of carbonyl (C=O) groups is 2. The summed E-state index contributed by atoms with van der Waals surface area (Å²) in [6.45, 7) is 1.90. The van der Waals surface area contributed by atoms with Gasteiger partial charge in [-0.3, -0.25) is 14.6 Å². The normalized spacial score (nSPS) is 10.3. The summed E-state index contributed by atoms with van der Waals surface area (Å²) in [6, 6.07) is 10.6. The minimum absolute atomic E-state index is 0.563. The number of carbonyl (C=O) groups excluding carboxylic acids is 2. The molecule has 0 aliphatic rings. The van der Waals surface area contributed by atoms with Crippen molar-refractivity contribution in [3.63, 3.8) is 0 Å². The van der Waals surface area contributed by atoms with Gasteiger partial charge in [0.2, 0.25) is 0 Å². The van der Waals surface area contributed by atoms with Crippen molar-refractivity contribution in [2.75, 3.05) is 5.32 Å². The molecule has 2 rings (SSSR count). The summed E-state index contributed by atoms with van der Waals surface area (Å²) in [5, 5.41) is 6.20. The predicted molar refractivity (Wildman–Crippen MR) is 79.8 cm³/mol. The van der Waals surface area contributed by atoms with E-state index in [0.717, 1.165) is 11.1 Å². The highest BCUT2D eigenvalue weighted by Gasteiger charge is 2.12. The molecule has 2 amide bonds. The Kier molecular flexibility index (Phi) is 4.76. The van der Waals surface area contributed by atoms with E-state index >= 15 is 0 Å². The van der Waals surface area contributed by atoms with E-state index in [0.29, 0.717) is 5.69 Å². The first-order valence-corrected chi connectivity index (χ1v) is 6.26. The van der Waals surface area contributed by atoms with Gasteiger partial charge in [-0.15, -0.1) is 0 Å². The van der Waals surface area contributed by atoms with Crippen molar-refractivity contribution in [2.45, 2.75) is 6.92 Å². The summed E-state index contributed by atoms with van der Waals surface area (Å²) in [5.41, 5.74) is 4.48. The number of rotatable bonds is 3. The monoisotopic (exact) mass is 282 g/mol. The summed E-state index contributed by atoms with van der Waals surface area (Å²) < 4.78 is 0. The molecule has 0 saturated heterocycles. The van der Waals surface area contributed by atoms with Crippen LogP contribution in [0.3, 0.4) is 0 Å². The molecule has 2 N–H and O–H groups in total. The molecule has 2 aromatic rings. The van der Waals surface area contributed by atoms with Gasteiger partial charge in [0, 0.05) is 18.1 Å². The summed E-state index contributed by atoms with van der Waals surface area (Å²) in [5.74, 6) is -1.60. The maximum absolute atomic E-state index is 11.7. The van der Waals surface area contributed by atoms with Gasteiger partial charge in [0.15, 0.2) is 0 Å². The lowest BCUT2D eigenvalue weighted by Gasteiger charge is -2.04. The lowest BCUT2D eigenvalue weighted by atomic mass is 10.2. The van der Waals surface area contributed by atoms with Gasteiger partial charge < -0.3 is 5.32 Å². The first kappa shape index (κ1) is 14.4. The second kappa shape index (κ2) is 6.95. The molecule has 0 radical (unpaired) electrons. The molecule has 0 atom stereocenters. The van der Waals surface area contributed by atoms with Crippen molar-refractivity contribution >= 4 is 23.7 Å². The van der Waals surface area contributed by atoms with Gasteiger partial charge in [-0.25, -0.2) is 5.43 Å². The number of nitrogens with zero attached hydrogens (tertiary/aromatic N) is 2. The molecule has 0 fully saturated rings. The summed E-state index contributed by atoms with van der Waals surface area (Å²) in [4.78, 5) is 27.1. The first-order valence-electron chi connectivity index (χ1n) is 6.26. The van der Waals surface area contributed by atoms with E-state index in [2.05, 4.69) is 20.8 Å². The van der Waals surface area contributed by atoms with Crippen molar-refractivity contribution in [2.24, 2.45) is 5.10 Å². The van der Waals surface area contributed by atoms with Crippen molar-refractivity contribution in [3.05, 3.63) is 59.9 Å². The third kappa shape index (κ3) is 4.54. The Morgan fingerprint density at radius 3 is 2.62 bits per heavy atom. The third-order valence-corrected chi connectivity index (χ3v) is 2.57. The van der Waals surface area contributed by atoms with Crippen molar-refractivity contribution in [1.82, 2.24) is 10.4 Å². The average molecular weight is 282 g/mol. The van der Waals surface area contributed by atoms with Crippen LogP contribution in [0.4, 0.5) is 5.69 Å².